The maximum Gasteiger partial charge on any atom is 0.210 e. The van der Waals surface area contributed by atoms with Gasteiger partial charge >= 0.3 is 0 Å². The molecule has 0 bridgehead atoms. The minimum atomic E-state index is -1.60. The fourth-order valence-electron chi connectivity index (χ4n) is 1.92. The van der Waals surface area contributed by atoms with E-state index in [1.807, 2.05) is 6.92 Å². The van der Waals surface area contributed by atoms with Crippen LogP contribution in [0.1, 0.15) is 13.3 Å². The largest absolute Gasteiger partial charge is 0.468 e. The zero-order valence-electron chi connectivity index (χ0n) is 9.81. The highest BCUT2D eigenvalue weighted by atomic mass is 28.3. The predicted octanol–water partition coefficient (Wildman–Crippen LogP) is 3.09. The Morgan fingerprint density at radius 2 is 2.07 bits per heavy atom. The van der Waals surface area contributed by atoms with Crippen LogP contribution in [0, 0.1) is 0 Å². The first-order valence-corrected chi connectivity index (χ1v) is 8.42. The smallest absolute Gasteiger partial charge is 0.210 e. The molecule has 80 valence electrons. The van der Waals surface area contributed by atoms with Crippen molar-refractivity contribution in [2.24, 2.45) is 0 Å². The van der Waals surface area contributed by atoms with E-state index in [0.717, 1.165) is 17.8 Å². The van der Waals surface area contributed by atoms with E-state index < -0.39 is 13.5 Å². The van der Waals surface area contributed by atoms with Crippen LogP contribution in [-0.4, -0.2) is 20.6 Å². The van der Waals surface area contributed by atoms with Crippen LogP contribution in [0.4, 0.5) is 0 Å². The SMILES string of the molecule is C=C1CC=C(C)OC1(OC)[Si](C)(C)C. The molecule has 1 rings (SSSR count). The quantitative estimate of drug-likeness (QED) is 0.517. The van der Waals surface area contributed by atoms with Crippen molar-refractivity contribution in [3.8, 4) is 0 Å². The van der Waals surface area contributed by atoms with E-state index in [4.69, 9.17) is 9.47 Å². The van der Waals surface area contributed by atoms with Gasteiger partial charge in [0, 0.05) is 7.11 Å². The highest BCUT2D eigenvalue weighted by Gasteiger charge is 2.49. The van der Waals surface area contributed by atoms with Gasteiger partial charge in [0.2, 0.25) is 5.41 Å². The third kappa shape index (κ3) is 1.66. The molecule has 0 aliphatic carbocycles. The van der Waals surface area contributed by atoms with Crippen LogP contribution in [0.2, 0.25) is 19.6 Å². The first-order valence-electron chi connectivity index (χ1n) is 4.92. The third-order valence-electron chi connectivity index (χ3n) is 2.68. The Kier molecular flexibility index (Phi) is 2.93. The van der Waals surface area contributed by atoms with Gasteiger partial charge in [-0.25, -0.2) is 0 Å². The third-order valence-corrected chi connectivity index (χ3v) is 5.32. The summed E-state index contributed by atoms with van der Waals surface area (Å²) in [5, 5.41) is 0. The highest BCUT2D eigenvalue weighted by molar-refractivity contribution is 6.79. The lowest BCUT2D eigenvalue weighted by atomic mass is 10.1. The topological polar surface area (TPSA) is 18.5 Å². The summed E-state index contributed by atoms with van der Waals surface area (Å²) in [7, 11) is 0.114. The van der Waals surface area contributed by atoms with Gasteiger partial charge in [-0.05, 0) is 25.0 Å². The molecule has 1 heterocycles. The van der Waals surface area contributed by atoms with Gasteiger partial charge in [-0.1, -0.05) is 26.2 Å². The molecule has 0 saturated carbocycles. The van der Waals surface area contributed by atoms with E-state index in [9.17, 15) is 0 Å². The Labute approximate surface area is 87.6 Å². The van der Waals surface area contributed by atoms with Gasteiger partial charge in [-0.15, -0.1) is 0 Å². The van der Waals surface area contributed by atoms with Gasteiger partial charge in [0.1, 0.15) is 8.07 Å². The second-order valence-electron chi connectivity index (χ2n) is 4.80. The van der Waals surface area contributed by atoms with Crippen molar-refractivity contribution in [2.75, 3.05) is 7.11 Å². The van der Waals surface area contributed by atoms with E-state index in [2.05, 4.69) is 32.3 Å². The van der Waals surface area contributed by atoms with Crippen LogP contribution in [0.5, 0.6) is 0 Å². The molecule has 0 aromatic heterocycles. The normalized spacial score (nSPS) is 28.4. The zero-order valence-corrected chi connectivity index (χ0v) is 10.8. The lowest BCUT2D eigenvalue weighted by Gasteiger charge is -2.45. The van der Waals surface area contributed by atoms with E-state index in [-0.39, 0.29) is 0 Å². The van der Waals surface area contributed by atoms with Crippen molar-refractivity contribution >= 4 is 8.07 Å². The monoisotopic (exact) mass is 212 g/mol. The molecule has 14 heavy (non-hydrogen) atoms. The summed E-state index contributed by atoms with van der Waals surface area (Å²) < 4.78 is 11.5. The molecule has 0 amide bonds. The van der Waals surface area contributed by atoms with E-state index in [0.29, 0.717) is 0 Å². The number of ether oxygens (including phenoxy) is 2. The summed E-state index contributed by atoms with van der Waals surface area (Å²) in [6.45, 7) is 12.8. The van der Waals surface area contributed by atoms with Gasteiger partial charge in [0.15, 0.2) is 0 Å². The summed E-state index contributed by atoms with van der Waals surface area (Å²) >= 11 is 0. The first kappa shape index (κ1) is 11.5. The second kappa shape index (κ2) is 3.55. The summed E-state index contributed by atoms with van der Waals surface area (Å²) in [6.07, 6.45) is 2.92. The molecule has 0 aromatic rings. The Bertz CT molecular complexity index is 276. The molecule has 1 aliphatic heterocycles. The molecule has 1 unspecified atom stereocenters. The van der Waals surface area contributed by atoms with Gasteiger partial charge in [-0.3, -0.25) is 0 Å². The zero-order chi connectivity index (χ0) is 11.0. The van der Waals surface area contributed by atoms with Gasteiger partial charge in [-0.2, -0.15) is 0 Å². The molecular formula is C11H20O2Si. The molecule has 3 heteroatoms. The van der Waals surface area contributed by atoms with Crippen molar-refractivity contribution in [3.63, 3.8) is 0 Å². The van der Waals surface area contributed by atoms with E-state index >= 15 is 0 Å². The Morgan fingerprint density at radius 1 is 1.50 bits per heavy atom. The molecule has 1 atom stereocenters. The van der Waals surface area contributed by atoms with Crippen LogP contribution < -0.4 is 0 Å². The Balaban J connectivity index is 3.12. The van der Waals surface area contributed by atoms with Crippen molar-refractivity contribution < 1.29 is 9.47 Å². The molecule has 0 spiro atoms. The standard InChI is InChI=1S/C11H20O2Si/c1-9-7-8-10(2)13-11(9,12-3)14(4,5)6/h8H,1,7H2,2-6H3. The maximum absolute atomic E-state index is 5.90. The average molecular weight is 212 g/mol. The van der Waals surface area contributed by atoms with Crippen LogP contribution in [0.15, 0.2) is 24.0 Å². The molecular weight excluding hydrogens is 192 g/mol. The van der Waals surface area contributed by atoms with Gasteiger partial charge in [0.05, 0.1) is 5.76 Å². The Hall–Kier alpha value is -0.543. The number of rotatable bonds is 2. The molecule has 1 aliphatic rings. The van der Waals surface area contributed by atoms with Crippen molar-refractivity contribution in [2.45, 2.75) is 38.4 Å². The molecule has 0 radical (unpaired) electrons. The lowest BCUT2D eigenvalue weighted by molar-refractivity contribution is -0.120. The average Bonchev–Trinajstić information content (AvgIpc) is 2.07. The summed E-state index contributed by atoms with van der Waals surface area (Å²) in [6, 6.07) is 0. The molecule has 0 N–H and O–H groups in total. The second-order valence-corrected chi connectivity index (χ2v) is 9.95. The minimum absolute atomic E-state index is 0.536. The predicted molar refractivity (Wildman–Crippen MR) is 61.7 cm³/mol. The summed E-state index contributed by atoms with van der Waals surface area (Å²) in [4.78, 5) is 0. The number of allylic oxidation sites excluding steroid dienone is 2. The fraction of sp³-hybridized carbons (Fsp3) is 0.636. The molecule has 0 saturated heterocycles. The highest BCUT2D eigenvalue weighted by Crippen LogP contribution is 2.39. The molecule has 0 aromatic carbocycles. The maximum atomic E-state index is 5.90. The first-order chi connectivity index (χ1) is 6.33. The van der Waals surface area contributed by atoms with Crippen molar-refractivity contribution in [1.29, 1.82) is 0 Å². The summed E-state index contributed by atoms with van der Waals surface area (Å²) in [5.74, 6) is 0.946. The van der Waals surface area contributed by atoms with E-state index in [1.54, 1.807) is 7.11 Å². The van der Waals surface area contributed by atoms with Crippen molar-refractivity contribution in [3.05, 3.63) is 24.0 Å². The molecule has 0 fully saturated rings. The number of methoxy groups -OCH3 is 1. The summed E-state index contributed by atoms with van der Waals surface area (Å²) in [5.41, 5.74) is 0.510. The van der Waals surface area contributed by atoms with Crippen LogP contribution in [0.3, 0.4) is 0 Å². The lowest BCUT2D eigenvalue weighted by Crippen LogP contribution is -2.57. The van der Waals surface area contributed by atoms with E-state index in [1.165, 1.54) is 0 Å². The Morgan fingerprint density at radius 3 is 2.43 bits per heavy atom. The van der Waals surface area contributed by atoms with Gasteiger partial charge in [0.25, 0.3) is 0 Å². The minimum Gasteiger partial charge on any atom is -0.468 e. The number of hydrogen-bond acceptors (Lipinski definition) is 2. The molecule has 2 nitrogen and oxygen atoms in total. The fourth-order valence-corrected chi connectivity index (χ4v) is 4.16. The van der Waals surface area contributed by atoms with Crippen LogP contribution >= 0.6 is 0 Å². The van der Waals surface area contributed by atoms with Crippen LogP contribution in [-0.2, 0) is 9.47 Å². The van der Waals surface area contributed by atoms with Gasteiger partial charge < -0.3 is 9.47 Å². The van der Waals surface area contributed by atoms with Crippen LogP contribution in [0.25, 0.3) is 0 Å². The number of hydrogen-bond donors (Lipinski definition) is 0. The van der Waals surface area contributed by atoms with Crippen molar-refractivity contribution in [1.82, 2.24) is 0 Å².